The van der Waals surface area contributed by atoms with Gasteiger partial charge in [-0.3, -0.25) is 4.79 Å². The molecule has 0 radical (unpaired) electrons. The van der Waals surface area contributed by atoms with Crippen molar-refractivity contribution in [3.8, 4) is 11.5 Å². The number of ether oxygens (including phenoxy) is 2. The SMILES string of the molecule is CCCN(C(=O)Cc1ccc2c(c1)OCO2)C1CCNCC1.Cl. The summed E-state index contributed by atoms with van der Waals surface area (Å²) >= 11 is 0. The molecule has 0 atom stereocenters. The minimum Gasteiger partial charge on any atom is -0.454 e. The molecule has 5 nitrogen and oxygen atoms in total. The number of rotatable bonds is 5. The highest BCUT2D eigenvalue weighted by Gasteiger charge is 2.25. The van der Waals surface area contributed by atoms with Gasteiger partial charge in [0.1, 0.15) is 0 Å². The number of nitrogens with zero attached hydrogens (tertiary/aromatic N) is 1. The molecule has 0 spiro atoms. The summed E-state index contributed by atoms with van der Waals surface area (Å²) in [5.41, 5.74) is 0.990. The van der Waals surface area contributed by atoms with Crippen LogP contribution in [0.2, 0.25) is 0 Å². The van der Waals surface area contributed by atoms with Crippen LogP contribution in [-0.4, -0.2) is 43.3 Å². The number of carbonyl (C=O) groups is 1. The number of amides is 1. The van der Waals surface area contributed by atoms with Gasteiger partial charge in [0.15, 0.2) is 11.5 Å². The van der Waals surface area contributed by atoms with E-state index in [0.29, 0.717) is 12.5 Å². The molecule has 1 fully saturated rings. The Hall–Kier alpha value is -1.46. The van der Waals surface area contributed by atoms with Gasteiger partial charge in [-0.2, -0.15) is 0 Å². The van der Waals surface area contributed by atoms with Crippen molar-refractivity contribution in [3.63, 3.8) is 0 Å². The summed E-state index contributed by atoms with van der Waals surface area (Å²) in [7, 11) is 0. The number of hydrogen-bond donors (Lipinski definition) is 1. The lowest BCUT2D eigenvalue weighted by atomic mass is 10.0. The zero-order valence-electron chi connectivity index (χ0n) is 13.5. The van der Waals surface area contributed by atoms with Crippen molar-refractivity contribution in [2.45, 2.75) is 38.6 Å². The van der Waals surface area contributed by atoms with Gasteiger partial charge in [-0.15, -0.1) is 12.4 Å². The lowest BCUT2D eigenvalue weighted by Crippen LogP contribution is -2.47. The van der Waals surface area contributed by atoms with E-state index in [9.17, 15) is 4.79 Å². The molecule has 0 aliphatic carbocycles. The standard InChI is InChI=1S/C17H24N2O3.ClH/c1-2-9-19(14-5-7-18-8-6-14)17(20)11-13-3-4-15-16(10-13)22-12-21-15;/h3-4,10,14,18H,2,5-9,11-12H2,1H3;1H. The van der Waals surface area contributed by atoms with Gasteiger partial charge in [0, 0.05) is 12.6 Å². The number of carbonyl (C=O) groups excluding carboxylic acids is 1. The lowest BCUT2D eigenvalue weighted by molar-refractivity contribution is -0.133. The van der Waals surface area contributed by atoms with Crippen LogP contribution in [0.25, 0.3) is 0 Å². The molecule has 1 aromatic rings. The highest BCUT2D eigenvalue weighted by atomic mass is 35.5. The first kappa shape index (κ1) is 17.9. The van der Waals surface area contributed by atoms with Crippen molar-refractivity contribution in [1.82, 2.24) is 10.2 Å². The zero-order valence-corrected chi connectivity index (χ0v) is 14.4. The molecule has 0 saturated carbocycles. The molecule has 2 aliphatic rings. The number of fused-ring (bicyclic) bond motifs is 1. The van der Waals surface area contributed by atoms with Gasteiger partial charge in [0.05, 0.1) is 6.42 Å². The van der Waals surface area contributed by atoms with Crippen LogP contribution in [0.5, 0.6) is 11.5 Å². The van der Waals surface area contributed by atoms with Crippen molar-refractivity contribution >= 4 is 18.3 Å². The second-order valence-corrected chi connectivity index (χ2v) is 5.93. The number of hydrogen-bond acceptors (Lipinski definition) is 4. The van der Waals surface area contributed by atoms with Gasteiger partial charge >= 0.3 is 0 Å². The summed E-state index contributed by atoms with van der Waals surface area (Å²) in [5.74, 6) is 1.72. The Kier molecular flexibility index (Phi) is 6.54. The maximum Gasteiger partial charge on any atom is 0.231 e. The maximum atomic E-state index is 12.7. The molecule has 0 unspecified atom stereocenters. The predicted molar refractivity (Wildman–Crippen MR) is 91.4 cm³/mol. The van der Waals surface area contributed by atoms with Crippen LogP contribution in [-0.2, 0) is 11.2 Å². The number of halogens is 1. The third-order valence-electron chi connectivity index (χ3n) is 4.33. The van der Waals surface area contributed by atoms with Crippen LogP contribution in [0, 0.1) is 0 Å². The minimum atomic E-state index is 0. The Morgan fingerprint density at radius 3 is 2.74 bits per heavy atom. The molecule has 1 saturated heterocycles. The van der Waals surface area contributed by atoms with Crippen LogP contribution in [0.3, 0.4) is 0 Å². The van der Waals surface area contributed by atoms with E-state index in [1.54, 1.807) is 0 Å². The molecule has 6 heteroatoms. The fraction of sp³-hybridized carbons (Fsp3) is 0.588. The van der Waals surface area contributed by atoms with Crippen molar-refractivity contribution in [2.75, 3.05) is 26.4 Å². The van der Waals surface area contributed by atoms with E-state index in [1.807, 2.05) is 18.2 Å². The number of benzene rings is 1. The van der Waals surface area contributed by atoms with Gasteiger partial charge in [-0.25, -0.2) is 0 Å². The average Bonchev–Trinajstić information content (AvgIpc) is 3.01. The largest absolute Gasteiger partial charge is 0.454 e. The second kappa shape index (κ2) is 8.41. The van der Waals surface area contributed by atoms with Crippen molar-refractivity contribution < 1.29 is 14.3 Å². The Labute approximate surface area is 143 Å². The van der Waals surface area contributed by atoms with E-state index in [0.717, 1.165) is 56.0 Å². The van der Waals surface area contributed by atoms with Crippen molar-refractivity contribution in [2.24, 2.45) is 0 Å². The van der Waals surface area contributed by atoms with Gasteiger partial charge in [-0.05, 0) is 50.0 Å². The summed E-state index contributed by atoms with van der Waals surface area (Å²) in [4.78, 5) is 14.8. The Morgan fingerprint density at radius 2 is 2.00 bits per heavy atom. The summed E-state index contributed by atoms with van der Waals surface area (Å²) < 4.78 is 10.7. The highest BCUT2D eigenvalue weighted by Crippen LogP contribution is 2.32. The summed E-state index contributed by atoms with van der Waals surface area (Å²) in [6, 6.07) is 6.15. The first-order valence-electron chi connectivity index (χ1n) is 8.16. The monoisotopic (exact) mass is 340 g/mol. The van der Waals surface area contributed by atoms with Crippen molar-refractivity contribution in [3.05, 3.63) is 23.8 Å². The van der Waals surface area contributed by atoms with Gasteiger partial charge in [0.25, 0.3) is 0 Å². The molecular weight excluding hydrogens is 316 g/mol. The molecule has 3 rings (SSSR count). The van der Waals surface area contributed by atoms with Gasteiger partial charge in [-0.1, -0.05) is 13.0 Å². The Balaban J connectivity index is 0.00000192. The topological polar surface area (TPSA) is 50.8 Å². The lowest BCUT2D eigenvalue weighted by Gasteiger charge is -2.34. The first-order valence-corrected chi connectivity index (χ1v) is 8.16. The maximum absolute atomic E-state index is 12.7. The molecule has 0 aromatic heterocycles. The zero-order chi connectivity index (χ0) is 15.4. The quantitative estimate of drug-likeness (QED) is 0.894. The molecule has 1 N–H and O–H groups in total. The van der Waals surface area contributed by atoms with E-state index in [1.165, 1.54) is 0 Å². The predicted octanol–water partition coefficient (Wildman–Crippen LogP) is 2.37. The Morgan fingerprint density at radius 1 is 1.26 bits per heavy atom. The first-order chi connectivity index (χ1) is 10.8. The number of piperidine rings is 1. The molecule has 2 heterocycles. The van der Waals surface area contributed by atoms with Gasteiger partial charge < -0.3 is 19.7 Å². The van der Waals surface area contributed by atoms with Crippen molar-refractivity contribution in [1.29, 1.82) is 0 Å². The molecule has 1 aromatic carbocycles. The summed E-state index contributed by atoms with van der Waals surface area (Å²) in [6.07, 6.45) is 3.52. The van der Waals surface area contributed by atoms with E-state index in [4.69, 9.17) is 9.47 Å². The number of nitrogens with one attached hydrogen (secondary N) is 1. The average molecular weight is 341 g/mol. The van der Waals surface area contributed by atoms with Crippen LogP contribution in [0.4, 0.5) is 0 Å². The highest BCUT2D eigenvalue weighted by molar-refractivity contribution is 5.85. The fourth-order valence-corrected chi connectivity index (χ4v) is 3.20. The molecule has 2 aliphatic heterocycles. The van der Waals surface area contributed by atoms with Crippen LogP contribution in [0.15, 0.2) is 18.2 Å². The van der Waals surface area contributed by atoms with E-state index in [-0.39, 0.29) is 25.1 Å². The van der Waals surface area contributed by atoms with E-state index >= 15 is 0 Å². The van der Waals surface area contributed by atoms with Crippen LogP contribution in [0.1, 0.15) is 31.7 Å². The second-order valence-electron chi connectivity index (χ2n) is 5.93. The van der Waals surface area contributed by atoms with E-state index in [2.05, 4.69) is 17.1 Å². The van der Waals surface area contributed by atoms with Crippen LogP contribution >= 0.6 is 12.4 Å². The summed E-state index contributed by atoms with van der Waals surface area (Å²) in [6.45, 7) is 5.24. The molecule has 1 amide bonds. The molecule has 0 bridgehead atoms. The summed E-state index contributed by atoms with van der Waals surface area (Å²) in [5, 5.41) is 3.36. The van der Waals surface area contributed by atoms with Gasteiger partial charge in [0.2, 0.25) is 12.7 Å². The third kappa shape index (κ3) is 4.30. The van der Waals surface area contributed by atoms with Crippen LogP contribution < -0.4 is 14.8 Å². The molecule has 23 heavy (non-hydrogen) atoms. The molecular formula is C17H25ClN2O3. The molecule has 128 valence electrons. The smallest absolute Gasteiger partial charge is 0.231 e. The Bertz CT molecular complexity index is 533. The minimum absolute atomic E-state index is 0. The normalized spacial score (nSPS) is 16.7. The van der Waals surface area contributed by atoms with E-state index < -0.39 is 0 Å². The fourth-order valence-electron chi connectivity index (χ4n) is 3.20. The third-order valence-corrected chi connectivity index (χ3v) is 4.33.